The van der Waals surface area contributed by atoms with Crippen molar-refractivity contribution in [3.05, 3.63) is 0 Å². The minimum absolute atomic E-state index is 0.110. The number of esters is 4. The Balaban J connectivity index is 1.26. The molecule has 5 aliphatic rings. The summed E-state index contributed by atoms with van der Waals surface area (Å²) in [5.74, 6) is -2.10. The van der Waals surface area contributed by atoms with Crippen molar-refractivity contribution in [1.29, 1.82) is 0 Å². The standard InChI is InChI=1S/C65H114O25/c1-5-9-13-17-21-25-29-33-47(66)78-37-42-51(70)55(74)62(84-42)89-59-53(72)44(39-80-49(68)35-31-27-23-19-15-11-7-3)86-64(59)82-41-46-58(57(76)61(77)83-46)88-65-60(54(73)45(87-65)40-81-50(69)36-32-28-24-20-16-12-8-4)90-63-56(75)52(71)43(85-63)38-79-48(67)34-30-26-22-18-14-10-6-2/h42-46,51-65,70-77H,5-41H2,1-4H3/t42-,43-,44-,45-,46-,51-,52-,53-,54-,55+,56+,57+,58-,59+,60+,61+,62+,63+,64+,65-/m1/s1. The summed E-state index contributed by atoms with van der Waals surface area (Å²) in [6.45, 7) is 6.17. The second kappa shape index (κ2) is 44.0. The lowest BCUT2D eigenvalue weighted by atomic mass is 10.1. The Hall–Kier alpha value is -2.80. The highest BCUT2D eigenvalue weighted by Gasteiger charge is 2.56. The predicted molar refractivity (Wildman–Crippen MR) is 322 cm³/mol. The SMILES string of the molecule is CCCCCCCCCC(=O)OC[C@H]1O[C@@H](O[C@@H]2[C@@H](OC[C@H]3O[C@H](O)[C@@H](O)[C@@H]3O[C@H]3O[C@H](COC(=O)CCCCCCCCC)[C@@H](O)[C@@H]3O[C@@H]3O[C@H](COC(=O)CCCCCCCCC)[C@@H](O)[C@@H]3O)O[C@H](COC(=O)CCCCCCCCC)[C@H]2O)[C@@H](O)[C@@H]1O. The maximum Gasteiger partial charge on any atom is 0.305 e. The fraction of sp³-hybridized carbons (Fsp3) is 0.938. The monoisotopic (exact) mass is 1290 g/mol. The van der Waals surface area contributed by atoms with Gasteiger partial charge in [0.15, 0.2) is 31.5 Å². The van der Waals surface area contributed by atoms with E-state index < -0.39 is 180 Å². The first kappa shape index (κ1) is 77.9. The maximum absolute atomic E-state index is 12.9. The molecule has 5 rings (SSSR count). The Kier molecular flexibility index (Phi) is 38.1. The number of aliphatic hydroxyl groups excluding tert-OH is 8. The van der Waals surface area contributed by atoms with Gasteiger partial charge in [0.2, 0.25) is 0 Å². The molecule has 0 amide bonds. The quantitative estimate of drug-likeness (QED) is 0.0195. The van der Waals surface area contributed by atoms with Crippen LogP contribution in [0.1, 0.15) is 233 Å². The van der Waals surface area contributed by atoms with E-state index in [1.165, 1.54) is 0 Å². The number of hydrogen-bond donors (Lipinski definition) is 8. The van der Waals surface area contributed by atoms with Gasteiger partial charge in [0, 0.05) is 25.7 Å². The lowest BCUT2D eigenvalue weighted by Crippen LogP contribution is -2.47. The number of unbranched alkanes of at least 4 members (excludes halogenated alkanes) is 24. The van der Waals surface area contributed by atoms with Crippen LogP contribution >= 0.6 is 0 Å². The normalized spacial score (nSPS) is 32.4. The van der Waals surface area contributed by atoms with E-state index >= 15 is 0 Å². The molecule has 0 bridgehead atoms. The van der Waals surface area contributed by atoms with Crippen LogP contribution in [0.25, 0.3) is 0 Å². The van der Waals surface area contributed by atoms with Crippen LogP contribution in [0.5, 0.6) is 0 Å². The molecule has 5 fully saturated rings. The van der Waals surface area contributed by atoms with Crippen LogP contribution in [0.15, 0.2) is 0 Å². The number of hydrogen-bond acceptors (Lipinski definition) is 25. The van der Waals surface area contributed by atoms with E-state index in [9.17, 15) is 60.0 Å². The first-order valence-electron chi connectivity index (χ1n) is 34.4. The summed E-state index contributed by atoms with van der Waals surface area (Å²) in [4.78, 5) is 51.2. The molecular formula is C65H114O25. The summed E-state index contributed by atoms with van der Waals surface area (Å²) in [5, 5.41) is 90.3. The summed E-state index contributed by atoms with van der Waals surface area (Å²) in [5.41, 5.74) is 0. The number of carbonyl (C=O) groups excluding carboxylic acids is 4. The minimum atomic E-state index is -1.90. The third-order valence-corrected chi connectivity index (χ3v) is 17.4. The van der Waals surface area contributed by atoms with Crippen LogP contribution in [-0.2, 0) is 80.8 Å². The number of carbonyl (C=O) groups is 4. The van der Waals surface area contributed by atoms with Gasteiger partial charge in [-0.2, -0.15) is 0 Å². The first-order valence-corrected chi connectivity index (χ1v) is 34.4. The molecule has 0 aromatic heterocycles. The van der Waals surface area contributed by atoms with Crippen molar-refractivity contribution in [2.24, 2.45) is 0 Å². The molecule has 0 aromatic carbocycles. The molecule has 0 radical (unpaired) electrons. The fourth-order valence-corrected chi connectivity index (χ4v) is 11.7. The molecule has 25 heteroatoms. The average Bonchev–Trinajstić information content (AvgIpc) is 1.73. The molecule has 0 aromatic rings. The smallest absolute Gasteiger partial charge is 0.305 e. The zero-order chi connectivity index (χ0) is 65.2. The van der Waals surface area contributed by atoms with Crippen molar-refractivity contribution < 1.29 is 122 Å². The highest BCUT2D eigenvalue weighted by molar-refractivity contribution is 5.70. The van der Waals surface area contributed by atoms with E-state index in [1.54, 1.807) is 0 Å². The van der Waals surface area contributed by atoms with E-state index in [0.29, 0.717) is 25.7 Å². The number of rotatable bonds is 49. The van der Waals surface area contributed by atoms with Crippen LogP contribution in [0.3, 0.4) is 0 Å². The summed E-state index contributed by atoms with van der Waals surface area (Å²) >= 11 is 0. The van der Waals surface area contributed by atoms with Crippen LogP contribution in [0.2, 0.25) is 0 Å². The van der Waals surface area contributed by atoms with Crippen molar-refractivity contribution >= 4 is 23.9 Å². The largest absolute Gasteiger partial charge is 0.463 e. The molecule has 5 aliphatic heterocycles. The van der Waals surface area contributed by atoms with Crippen molar-refractivity contribution in [3.63, 3.8) is 0 Å². The molecule has 25 nitrogen and oxygen atoms in total. The number of ether oxygens (including phenoxy) is 13. The van der Waals surface area contributed by atoms with Crippen molar-refractivity contribution in [3.8, 4) is 0 Å². The van der Waals surface area contributed by atoms with E-state index in [-0.39, 0.29) is 25.7 Å². The van der Waals surface area contributed by atoms with Gasteiger partial charge in [-0.3, -0.25) is 19.2 Å². The molecule has 5 heterocycles. The third-order valence-electron chi connectivity index (χ3n) is 17.4. The molecule has 90 heavy (non-hydrogen) atoms. The lowest BCUT2D eigenvalue weighted by Gasteiger charge is -2.30. The van der Waals surface area contributed by atoms with Crippen LogP contribution in [0, 0.1) is 0 Å². The highest BCUT2D eigenvalue weighted by atomic mass is 16.8. The Bertz CT molecular complexity index is 1950. The van der Waals surface area contributed by atoms with Gasteiger partial charge in [-0.15, -0.1) is 0 Å². The average molecular weight is 1300 g/mol. The van der Waals surface area contributed by atoms with Crippen LogP contribution in [-0.4, -0.2) is 221 Å². The van der Waals surface area contributed by atoms with E-state index in [4.69, 9.17) is 61.6 Å². The second-order valence-corrected chi connectivity index (χ2v) is 25.0. The van der Waals surface area contributed by atoms with Crippen molar-refractivity contribution in [1.82, 2.24) is 0 Å². The van der Waals surface area contributed by atoms with E-state index in [1.807, 2.05) is 0 Å². The maximum atomic E-state index is 12.9. The fourth-order valence-electron chi connectivity index (χ4n) is 11.7. The van der Waals surface area contributed by atoms with E-state index in [0.717, 1.165) is 154 Å². The minimum Gasteiger partial charge on any atom is -0.463 e. The second-order valence-electron chi connectivity index (χ2n) is 25.0. The Morgan fingerprint density at radius 3 is 0.900 bits per heavy atom. The third kappa shape index (κ3) is 26.8. The highest BCUT2D eigenvalue weighted by Crippen LogP contribution is 2.37. The number of aliphatic hydroxyl groups is 8. The van der Waals surface area contributed by atoms with Crippen molar-refractivity contribution in [2.75, 3.05) is 33.0 Å². The predicted octanol–water partition coefficient (Wildman–Crippen LogP) is 6.04. The van der Waals surface area contributed by atoms with Gasteiger partial charge in [-0.25, -0.2) is 0 Å². The topological polar surface area (TPSA) is 350 Å². The van der Waals surface area contributed by atoms with Gasteiger partial charge >= 0.3 is 23.9 Å². The van der Waals surface area contributed by atoms with Gasteiger partial charge in [0.25, 0.3) is 0 Å². The Morgan fingerprint density at radius 1 is 0.278 bits per heavy atom. The first-order chi connectivity index (χ1) is 43.5. The Morgan fingerprint density at radius 2 is 0.556 bits per heavy atom. The van der Waals surface area contributed by atoms with Gasteiger partial charge in [0.1, 0.15) is 118 Å². The van der Waals surface area contributed by atoms with Gasteiger partial charge in [-0.1, -0.05) is 182 Å². The molecule has 0 spiro atoms. The summed E-state index contributed by atoms with van der Waals surface area (Å²) in [6, 6.07) is 0. The molecule has 524 valence electrons. The van der Waals surface area contributed by atoms with Gasteiger partial charge in [-0.05, 0) is 25.7 Å². The molecule has 0 unspecified atom stereocenters. The zero-order valence-electron chi connectivity index (χ0n) is 54.2. The van der Waals surface area contributed by atoms with Crippen LogP contribution < -0.4 is 0 Å². The summed E-state index contributed by atoms with van der Waals surface area (Å²) in [7, 11) is 0. The van der Waals surface area contributed by atoms with Gasteiger partial charge < -0.3 is 102 Å². The lowest BCUT2D eigenvalue weighted by molar-refractivity contribution is -0.270. The summed E-state index contributed by atoms with van der Waals surface area (Å²) < 4.78 is 76.2. The molecule has 20 atom stereocenters. The van der Waals surface area contributed by atoms with Gasteiger partial charge in [0.05, 0.1) is 6.61 Å². The van der Waals surface area contributed by atoms with Crippen LogP contribution in [0.4, 0.5) is 0 Å². The molecule has 0 aliphatic carbocycles. The molecule has 5 saturated heterocycles. The molecule has 8 N–H and O–H groups in total. The zero-order valence-corrected chi connectivity index (χ0v) is 54.2. The Labute approximate surface area is 533 Å². The molecular weight excluding hydrogens is 1180 g/mol. The van der Waals surface area contributed by atoms with Crippen molar-refractivity contribution in [2.45, 2.75) is 356 Å². The van der Waals surface area contributed by atoms with E-state index in [2.05, 4.69) is 27.7 Å². The molecule has 0 saturated carbocycles. The summed E-state index contributed by atoms with van der Waals surface area (Å²) in [6.07, 6.45) is -3.38.